The van der Waals surface area contributed by atoms with Gasteiger partial charge in [-0.2, -0.15) is 0 Å². The molecule has 0 N–H and O–H groups in total. The van der Waals surface area contributed by atoms with Gasteiger partial charge in [0.15, 0.2) is 11.5 Å². The van der Waals surface area contributed by atoms with Crippen LogP contribution in [-0.2, 0) is 5.79 Å². The fourth-order valence-corrected chi connectivity index (χ4v) is 3.50. The van der Waals surface area contributed by atoms with Gasteiger partial charge in [-0.3, -0.25) is 0 Å². The van der Waals surface area contributed by atoms with Crippen molar-refractivity contribution in [2.75, 3.05) is 0 Å². The highest BCUT2D eigenvalue weighted by Gasteiger charge is 2.45. The molecule has 0 spiro atoms. The van der Waals surface area contributed by atoms with E-state index in [0.29, 0.717) is 22.8 Å². The van der Waals surface area contributed by atoms with Gasteiger partial charge in [0.2, 0.25) is 0 Å². The van der Waals surface area contributed by atoms with E-state index in [-0.39, 0.29) is 0 Å². The highest BCUT2D eigenvalue weighted by atomic mass is 16.7. The van der Waals surface area contributed by atoms with E-state index in [1.165, 1.54) is 0 Å². The summed E-state index contributed by atoms with van der Waals surface area (Å²) in [6.45, 7) is 0. The number of para-hydroxylation sites is 1. The summed E-state index contributed by atoms with van der Waals surface area (Å²) in [5.74, 6) is -0.0240. The molecule has 4 aromatic carbocycles. The van der Waals surface area contributed by atoms with Crippen LogP contribution in [-0.4, -0.2) is 5.97 Å². The lowest BCUT2D eigenvalue weighted by atomic mass is 9.97. The maximum Gasteiger partial charge on any atom is 0.343 e. The van der Waals surface area contributed by atoms with Crippen LogP contribution in [0.1, 0.15) is 21.5 Å². The average Bonchev–Trinajstić information content (AvgIpc) is 3.21. The molecule has 146 valence electrons. The minimum atomic E-state index is -1.12. The molecule has 0 aromatic heterocycles. The van der Waals surface area contributed by atoms with Gasteiger partial charge in [0.1, 0.15) is 5.75 Å². The summed E-state index contributed by atoms with van der Waals surface area (Å²) in [5.41, 5.74) is 2.11. The van der Waals surface area contributed by atoms with Crippen LogP contribution in [0.25, 0.3) is 0 Å². The van der Waals surface area contributed by atoms with Gasteiger partial charge in [0, 0.05) is 11.1 Å². The van der Waals surface area contributed by atoms with E-state index in [2.05, 4.69) is 0 Å². The summed E-state index contributed by atoms with van der Waals surface area (Å²) < 4.78 is 18.2. The van der Waals surface area contributed by atoms with Crippen molar-refractivity contribution in [1.29, 1.82) is 0 Å². The summed E-state index contributed by atoms with van der Waals surface area (Å²) >= 11 is 0. The first-order valence-electron chi connectivity index (χ1n) is 9.65. The molecule has 0 amide bonds. The first-order valence-corrected chi connectivity index (χ1v) is 9.65. The molecule has 30 heavy (non-hydrogen) atoms. The number of hydrogen-bond donors (Lipinski definition) is 0. The van der Waals surface area contributed by atoms with Crippen LogP contribution < -0.4 is 14.2 Å². The zero-order valence-electron chi connectivity index (χ0n) is 16.0. The molecule has 0 aliphatic carbocycles. The lowest BCUT2D eigenvalue weighted by molar-refractivity contribution is -0.0459. The monoisotopic (exact) mass is 394 g/mol. The summed E-state index contributed by atoms with van der Waals surface area (Å²) in [4.78, 5) is 12.6. The first kappa shape index (κ1) is 18.0. The van der Waals surface area contributed by atoms with E-state index in [1.54, 1.807) is 30.3 Å². The van der Waals surface area contributed by atoms with Crippen LogP contribution in [0.2, 0.25) is 0 Å². The normalized spacial score (nSPS) is 13.6. The van der Waals surface area contributed by atoms with Gasteiger partial charge in [-0.25, -0.2) is 4.79 Å². The van der Waals surface area contributed by atoms with Crippen molar-refractivity contribution in [3.05, 3.63) is 126 Å². The molecule has 0 unspecified atom stereocenters. The van der Waals surface area contributed by atoms with Crippen molar-refractivity contribution >= 4 is 5.97 Å². The Balaban J connectivity index is 1.50. The Morgan fingerprint density at radius 1 is 0.633 bits per heavy atom. The van der Waals surface area contributed by atoms with Gasteiger partial charge in [0.25, 0.3) is 0 Å². The minimum Gasteiger partial charge on any atom is -0.440 e. The van der Waals surface area contributed by atoms with Crippen LogP contribution in [0.3, 0.4) is 0 Å². The van der Waals surface area contributed by atoms with Crippen molar-refractivity contribution in [3.63, 3.8) is 0 Å². The van der Waals surface area contributed by atoms with Gasteiger partial charge >= 0.3 is 11.8 Å². The third-order valence-corrected chi connectivity index (χ3v) is 4.95. The summed E-state index contributed by atoms with van der Waals surface area (Å²) in [5, 5.41) is 0. The molecule has 4 nitrogen and oxygen atoms in total. The van der Waals surface area contributed by atoms with Crippen LogP contribution in [0, 0.1) is 0 Å². The van der Waals surface area contributed by atoms with E-state index >= 15 is 0 Å². The predicted octanol–water partition coefficient (Wildman–Crippen LogP) is 5.58. The van der Waals surface area contributed by atoms with E-state index in [1.807, 2.05) is 78.9 Å². The second-order valence-corrected chi connectivity index (χ2v) is 6.92. The van der Waals surface area contributed by atoms with Crippen molar-refractivity contribution in [3.8, 4) is 17.2 Å². The highest BCUT2D eigenvalue weighted by Crippen LogP contribution is 2.47. The second kappa shape index (κ2) is 7.41. The standard InChI is InChI=1S/C26H18O4/c27-25(28-22-14-8-3-9-15-22)19-16-17-23-24(18-19)30-26(29-23,20-10-4-1-5-11-20)21-12-6-2-7-13-21/h1-18H. The highest BCUT2D eigenvalue weighted by molar-refractivity contribution is 5.92. The number of carbonyl (C=O) groups excluding carboxylic acids is 1. The fraction of sp³-hybridized carbons (Fsp3) is 0.0385. The third-order valence-electron chi connectivity index (χ3n) is 4.95. The molecule has 0 saturated heterocycles. The molecule has 0 saturated carbocycles. The summed E-state index contributed by atoms with van der Waals surface area (Å²) in [6, 6.07) is 33.6. The minimum absolute atomic E-state index is 0.387. The lowest BCUT2D eigenvalue weighted by Gasteiger charge is -2.28. The Bertz CT molecular complexity index is 1130. The Hall–Kier alpha value is -4.05. The Morgan fingerprint density at radius 3 is 1.77 bits per heavy atom. The van der Waals surface area contributed by atoms with Crippen molar-refractivity contribution in [2.45, 2.75) is 5.79 Å². The van der Waals surface area contributed by atoms with Crippen molar-refractivity contribution < 1.29 is 19.0 Å². The fourth-order valence-electron chi connectivity index (χ4n) is 3.50. The third kappa shape index (κ3) is 3.18. The molecule has 4 aromatic rings. The van der Waals surface area contributed by atoms with Crippen LogP contribution in [0.15, 0.2) is 109 Å². The molecule has 1 aliphatic rings. The van der Waals surface area contributed by atoms with Gasteiger partial charge in [-0.1, -0.05) is 78.9 Å². The average molecular weight is 394 g/mol. The number of rotatable bonds is 4. The van der Waals surface area contributed by atoms with E-state index < -0.39 is 11.8 Å². The van der Waals surface area contributed by atoms with Crippen molar-refractivity contribution in [1.82, 2.24) is 0 Å². The second-order valence-electron chi connectivity index (χ2n) is 6.92. The lowest BCUT2D eigenvalue weighted by Crippen LogP contribution is -2.36. The quantitative estimate of drug-likeness (QED) is 0.335. The zero-order chi connectivity index (χ0) is 20.4. The molecule has 0 radical (unpaired) electrons. The number of fused-ring (bicyclic) bond motifs is 1. The van der Waals surface area contributed by atoms with Gasteiger partial charge in [0.05, 0.1) is 5.56 Å². The van der Waals surface area contributed by atoms with E-state index in [9.17, 15) is 4.79 Å². The molecule has 1 heterocycles. The molecule has 1 aliphatic heterocycles. The van der Waals surface area contributed by atoms with E-state index in [0.717, 1.165) is 11.1 Å². The van der Waals surface area contributed by atoms with Crippen molar-refractivity contribution in [2.24, 2.45) is 0 Å². The Morgan fingerprint density at radius 2 is 1.17 bits per heavy atom. The Kier molecular flexibility index (Phi) is 4.45. The molecule has 5 rings (SSSR count). The maximum atomic E-state index is 12.6. The molecular formula is C26H18O4. The van der Waals surface area contributed by atoms with E-state index in [4.69, 9.17) is 14.2 Å². The van der Waals surface area contributed by atoms with Crippen LogP contribution in [0.5, 0.6) is 17.2 Å². The van der Waals surface area contributed by atoms with Crippen LogP contribution in [0.4, 0.5) is 0 Å². The zero-order valence-corrected chi connectivity index (χ0v) is 16.0. The SMILES string of the molecule is O=C(Oc1ccccc1)c1ccc2c(c1)OC(c1ccccc1)(c1ccccc1)O2. The molecule has 0 atom stereocenters. The van der Waals surface area contributed by atoms with Gasteiger partial charge < -0.3 is 14.2 Å². The smallest absolute Gasteiger partial charge is 0.343 e. The topological polar surface area (TPSA) is 44.8 Å². The molecule has 4 heteroatoms. The first-order chi connectivity index (χ1) is 14.7. The number of carbonyl (C=O) groups is 1. The predicted molar refractivity (Wildman–Crippen MR) is 113 cm³/mol. The number of esters is 1. The summed E-state index contributed by atoms with van der Waals surface area (Å²) in [7, 11) is 0. The van der Waals surface area contributed by atoms with Crippen LogP contribution >= 0.6 is 0 Å². The van der Waals surface area contributed by atoms with Gasteiger partial charge in [-0.05, 0) is 30.3 Å². The number of ether oxygens (including phenoxy) is 3. The molecule has 0 bridgehead atoms. The molecule has 0 fully saturated rings. The number of hydrogen-bond acceptors (Lipinski definition) is 4. The largest absolute Gasteiger partial charge is 0.440 e. The molecular weight excluding hydrogens is 376 g/mol. The van der Waals surface area contributed by atoms with Gasteiger partial charge in [-0.15, -0.1) is 0 Å². The summed E-state index contributed by atoms with van der Waals surface area (Å²) in [6.07, 6.45) is 0. The maximum absolute atomic E-state index is 12.6. The Labute approximate surface area is 174 Å². The number of benzene rings is 4.